The van der Waals surface area contributed by atoms with Gasteiger partial charge in [-0.25, -0.2) is 0 Å². The number of hydrogen-bond acceptors (Lipinski definition) is 5. The summed E-state index contributed by atoms with van der Waals surface area (Å²) in [6, 6.07) is 5.00. The van der Waals surface area contributed by atoms with Gasteiger partial charge in [-0.1, -0.05) is 0 Å². The van der Waals surface area contributed by atoms with Crippen LogP contribution >= 0.6 is 0 Å². The molecule has 0 heterocycles. The highest BCUT2D eigenvalue weighted by Crippen LogP contribution is 2.26. The first kappa shape index (κ1) is 13.6. The molecule has 0 fully saturated rings. The fourth-order valence-electron chi connectivity index (χ4n) is 1.17. The Morgan fingerprint density at radius 2 is 1.71 bits per heavy atom. The summed E-state index contributed by atoms with van der Waals surface area (Å²) in [5.41, 5.74) is 6.20. The highest BCUT2D eigenvalue weighted by Gasteiger charge is 2.05. The Bertz CT molecular complexity index is 352. The third-order valence-electron chi connectivity index (χ3n) is 1.95. The molecule has 0 saturated carbocycles. The highest BCUT2D eigenvalue weighted by atomic mass is 16.5. The molecule has 5 heteroatoms. The number of ether oxygens (including phenoxy) is 2. The Morgan fingerprint density at radius 3 is 2.24 bits per heavy atom. The summed E-state index contributed by atoms with van der Waals surface area (Å²) in [7, 11) is 0. The summed E-state index contributed by atoms with van der Waals surface area (Å²) in [5, 5.41) is 18.2. The molecule has 0 saturated heterocycles. The zero-order chi connectivity index (χ0) is 12.8. The molecule has 2 atom stereocenters. The minimum atomic E-state index is -0.541. The number of nitrogens with two attached hydrogens (primary N) is 1. The van der Waals surface area contributed by atoms with Crippen molar-refractivity contribution in [3.8, 4) is 11.5 Å². The molecule has 0 aliphatic carbocycles. The summed E-state index contributed by atoms with van der Waals surface area (Å²) >= 11 is 0. The molecule has 1 rings (SSSR count). The minimum absolute atomic E-state index is 0.193. The van der Waals surface area contributed by atoms with Crippen LogP contribution in [0.5, 0.6) is 11.5 Å². The van der Waals surface area contributed by atoms with Gasteiger partial charge < -0.3 is 25.4 Å². The number of aliphatic hydroxyl groups is 2. The Hall–Kier alpha value is -1.46. The molecule has 4 N–H and O–H groups in total. The van der Waals surface area contributed by atoms with Crippen molar-refractivity contribution in [2.75, 3.05) is 18.9 Å². The molecule has 1 aromatic carbocycles. The van der Waals surface area contributed by atoms with E-state index in [0.717, 1.165) is 0 Å². The van der Waals surface area contributed by atoms with E-state index in [0.29, 0.717) is 17.2 Å². The topological polar surface area (TPSA) is 84.9 Å². The number of hydrogen-bond donors (Lipinski definition) is 3. The van der Waals surface area contributed by atoms with Crippen LogP contribution in [0.15, 0.2) is 18.2 Å². The van der Waals surface area contributed by atoms with Crippen LogP contribution < -0.4 is 15.2 Å². The maximum Gasteiger partial charge on any atom is 0.142 e. The van der Waals surface area contributed by atoms with Crippen LogP contribution in [0.3, 0.4) is 0 Å². The van der Waals surface area contributed by atoms with E-state index in [4.69, 9.17) is 25.4 Å². The molecular weight excluding hydrogens is 222 g/mol. The predicted octanol–water partition coefficient (Wildman–Crippen LogP) is 0.788. The van der Waals surface area contributed by atoms with Gasteiger partial charge in [0.15, 0.2) is 0 Å². The first-order valence-electron chi connectivity index (χ1n) is 5.50. The highest BCUT2D eigenvalue weighted by molar-refractivity contribution is 5.56. The summed E-state index contributed by atoms with van der Waals surface area (Å²) in [5.74, 6) is 1.09. The van der Waals surface area contributed by atoms with Gasteiger partial charge in [0.2, 0.25) is 0 Å². The lowest BCUT2D eigenvalue weighted by Gasteiger charge is -2.13. The Labute approximate surface area is 101 Å². The number of nitrogen functional groups attached to an aromatic ring is 1. The normalized spacial score (nSPS) is 14.1. The quantitative estimate of drug-likeness (QED) is 0.641. The van der Waals surface area contributed by atoms with Crippen LogP contribution in [0, 0.1) is 0 Å². The summed E-state index contributed by atoms with van der Waals surface area (Å²) in [4.78, 5) is 0. The van der Waals surface area contributed by atoms with Gasteiger partial charge in [0.25, 0.3) is 0 Å². The van der Waals surface area contributed by atoms with Crippen LogP contribution in [-0.4, -0.2) is 35.6 Å². The molecule has 0 radical (unpaired) electrons. The average Bonchev–Trinajstić information content (AvgIpc) is 2.24. The van der Waals surface area contributed by atoms with Crippen LogP contribution in [0.1, 0.15) is 13.8 Å². The van der Waals surface area contributed by atoms with Crippen molar-refractivity contribution in [1.82, 2.24) is 0 Å². The smallest absolute Gasteiger partial charge is 0.142 e. The van der Waals surface area contributed by atoms with Crippen molar-refractivity contribution in [1.29, 1.82) is 0 Å². The zero-order valence-corrected chi connectivity index (χ0v) is 10.1. The predicted molar refractivity (Wildman–Crippen MR) is 65.2 cm³/mol. The molecule has 2 unspecified atom stereocenters. The standard InChI is InChI=1S/C12H19NO4/c1-8(14)6-16-10-3-4-12(11(13)5-10)17-7-9(2)15/h3-5,8-9,14-15H,6-7,13H2,1-2H3. The second-order valence-electron chi connectivity index (χ2n) is 4.02. The molecular formula is C12H19NO4. The third-order valence-corrected chi connectivity index (χ3v) is 1.95. The molecule has 5 nitrogen and oxygen atoms in total. The lowest BCUT2D eigenvalue weighted by atomic mass is 10.3. The van der Waals surface area contributed by atoms with Gasteiger partial charge in [0.1, 0.15) is 24.7 Å². The molecule has 0 bridgehead atoms. The monoisotopic (exact) mass is 241 g/mol. The van der Waals surface area contributed by atoms with E-state index in [9.17, 15) is 0 Å². The van der Waals surface area contributed by atoms with E-state index in [-0.39, 0.29) is 13.2 Å². The van der Waals surface area contributed by atoms with Gasteiger partial charge in [-0.05, 0) is 26.0 Å². The van der Waals surface area contributed by atoms with Crippen LogP contribution in [0.4, 0.5) is 5.69 Å². The molecule has 0 amide bonds. The van der Waals surface area contributed by atoms with E-state index in [2.05, 4.69) is 0 Å². The van der Waals surface area contributed by atoms with E-state index in [1.807, 2.05) is 0 Å². The lowest BCUT2D eigenvalue weighted by Crippen LogP contribution is -2.14. The van der Waals surface area contributed by atoms with Crippen LogP contribution in [0.25, 0.3) is 0 Å². The van der Waals surface area contributed by atoms with Crippen molar-refractivity contribution >= 4 is 5.69 Å². The largest absolute Gasteiger partial charge is 0.491 e. The maximum atomic E-state index is 9.09. The Kier molecular flexibility index (Phi) is 5.06. The third kappa shape index (κ3) is 4.93. The number of anilines is 1. The van der Waals surface area contributed by atoms with E-state index < -0.39 is 12.2 Å². The number of benzene rings is 1. The number of rotatable bonds is 6. The molecule has 0 aromatic heterocycles. The second kappa shape index (κ2) is 6.32. The van der Waals surface area contributed by atoms with Gasteiger partial charge in [-0.3, -0.25) is 0 Å². The van der Waals surface area contributed by atoms with Crippen molar-refractivity contribution in [3.63, 3.8) is 0 Å². The minimum Gasteiger partial charge on any atom is -0.491 e. The molecule has 0 aliphatic rings. The molecule has 1 aromatic rings. The first-order valence-corrected chi connectivity index (χ1v) is 5.50. The van der Waals surface area contributed by atoms with Gasteiger partial charge >= 0.3 is 0 Å². The van der Waals surface area contributed by atoms with Crippen LogP contribution in [-0.2, 0) is 0 Å². The van der Waals surface area contributed by atoms with Crippen molar-refractivity contribution in [2.45, 2.75) is 26.1 Å². The number of aliphatic hydroxyl groups excluding tert-OH is 2. The summed E-state index contributed by atoms with van der Waals surface area (Å²) in [6.45, 7) is 3.69. The van der Waals surface area contributed by atoms with Crippen LogP contribution in [0.2, 0.25) is 0 Å². The Morgan fingerprint density at radius 1 is 1.12 bits per heavy atom. The van der Waals surface area contributed by atoms with Gasteiger partial charge in [-0.2, -0.15) is 0 Å². The van der Waals surface area contributed by atoms with Crippen molar-refractivity contribution in [3.05, 3.63) is 18.2 Å². The van der Waals surface area contributed by atoms with E-state index in [1.165, 1.54) is 0 Å². The summed E-state index contributed by atoms with van der Waals surface area (Å²) in [6.07, 6.45) is -1.07. The second-order valence-corrected chi connectivity index (χ2v) is 4.02. The van der Waals surface area contributed by atoms with Crippen molar-refractivity contribution in [2.24, 2.45) is 0 Å². The van der Waals surface area contributed by atoms with Gasteiger partial charge in [0, 0.05) is 6.07 Å². The lowest BCUT2D eigenvalue weighted by molar-refractivity contribution is 0.121. The SMILES string of the molecule is CC(O)COc1ccc(OCC(C)O)c(N)c1. The summed E-state index contributed by atoms with van der Waals surface area (Å²) < 4.78 is 10.6. The zero-order valence-electron chi connectivity index (χ0n) is 10.1. The molecule has 96 valence electrons. The fraction of sp³-hybridized carbons (Fsp3) is 0.500. The molecule has 0 aliphatic heterocycles. The fourth-order valence-corrected chi connectivity index (χ4v) is 1.17. The maximum absolute atomic E-state index is 9.09. The van der Waals surface area contributed by atoms with E-state index in [1.54, 1.807) is 32.0 Å². The molecule has 17 heavy (non-hydrogen) atoms. The molecule has 0 spiro atoms. The van der Waals surface area contributed by atoms with Crippen molar-refractivity contribution < 1.29 is 19.7 Å². The Balaban J connectivity index is 2.59. The van der Waals surface area contributed by atoms with E-state index >= 15 is 0 Å². The van der Waals surface area contributed by atoms with Gasteiger partial charge in [-0.15, -0.1) is 0 Å². The van der Waals surface area contributed by atoms with Gasteiger partial charge in [0.05, 0.1) is 17.9 Å². The average molecular weight is 241 g/mol. The first-order chi connectivity index (χ1) is 7.99.